The number of pyridine rings is 1. The van der Waals surface area contributed by atoms with Crippen LogP contribution in [0.4, 0.5) is 0 Å². The summed E-state index contributed by atoms with van der Waals surface area (Å²) in [6.45, 7) is 8.05. The van der Waals surface area contributed by atoms with Gasteiger partial charge in [0, 0.05) is 24.2 Å². The van der Waals surface area contributed by atoms with Crippen LogP contribution in [0.3, 0.4) is 0 Å². The number of amides is 1. The van der Waals surface area contributed by atoms with Gasteiger partial charge in [-0.05, 0) is 39.7 Å². The highest BCUT2D eigenvalue weighted by molar-refractivity contribution is 6.05. The lowest BCUT2D eigenvalue weighted by Crippen LogP contribution is -2.47. The highest BCUT2D eigenvalue weighted by atomic mass is 16.5. The fraction of sp³-hybridized carbons (Fsp3) is 0.611. The zero-order valence-corrected chi connectivity index (χ0v) is 14.5. The van der Waals surface area contributed by atoms with Crippen LogP contribution in [0.5, 0.6) is 0 Å². The smallest absolute Gasteiger partial charge is 0.255 e. The van der Waals surface area contributed by atoms with Crippen LogP contribution in [-0.4, -0.2) is 51.4 Å². The molecule has 0 unspecified atom stereocenters. The molecule has 1 atom stereocenters. The van der Waals surface area contributed by atoms with E-state index in [1.807, 2.05) is 22.6 Å². The van der Waals surface area contributed by atoms with Gasteiger partial charge in [0.25, 0.3) is 5.91 Å². The van der Waals surface area contributed by atoms with Crippen molar-refractivity contribution < 1.29 is 9.53 Å². The number of carbonyl (C=O) groups is 1. The summed E-state index contributed by atoms with van der Waals surface area (Å²) in [6, 6.07) is 2.31. The van der Waals surface area contributed by atoms with Crippen molar-refractivity contribution >= 4 is 16.9 Å². The Morgan fingerprint density at radius 3 is 2.83 bits per heavy atom. The summed E-state index contributed by atoms with van der Waals surface area (Å²) in [5.74, 6) is 0.571. The van der Waals surface area contributed by atoms with Crippen molar-refractivity contribution in [3.05, 3.63) is 23.5 Å². The third-order valence-corrected chi connectivity index (χ3v) is 4.93. The van der Waals surface area contributed by atoms with Crippen molar-refractivity contribution in [2.75, 3.05) is 19.8 Å². The van der Waals surface area contributed by atoms with E-state index in [-0.39, 0.29) is 18.0 Å². The molecule has 2 aromatic rings. The molecule has 6 heteroatoms. The van der Waals surface area contributed by atoms with Gasteiger partial charge in [-0.2, -0.15) is 5.10 Å². The SMILES string of the molecule is CC(C)n1ncc2c(C(=O)N3CCOC[C@H]3C)cc(C3CC3)nc21. The summed E-state index contributed by atoms with van der Waals surface area (Å²) in [5, 5.41) is 5.34. The van der Waals surface area contributed by atoms with Gasteiger partial charge in [-0.3, -0.25) is 4.79 Å². The van der Waals surface area contributed by atoms with Crippen molar-refractivity contribution in [1.29, 1.82) is 0 Å². The van der Waals surface area contributed by atoms with E-state index in [4.69, 9.17) is 9.72 Å². The van der Waals surface area contributed by atoms with E-state index in [9.17, 15) is 4.79 Å². The molecular weight excluding hydrogens is 304 g/mol. The first-order valence-corrected chi connectivity index (χ1v) is 8.83. The Morgan fingerprint density at radius 1 is 1.38 bits per heavy atom. The maximum Gasteiger partial charge on any atom is 0.255 e. The van der Waals surface area contributed by atoms with Crippen LogP contribution < -0.4 is 0 Å². The highest BCUT2D eigenvalue weighted by Crippen LogP contribution is 2.40. The van der Waals surface area contributed by atoms with Gasteiger partial charge in [0.2, 0.25) is 0 Å². The third-order valence-electron chi connectivity index (χ3n) is 4.93. The molecule has 2 fully saturated rings. The summed E-state index contributed by atoms with van der Waals surface area (Å²) in [5.41, 5.74) is 2.61. The van der Waals surface area contributed by atoms with Gasteiger partial charge in [-0.15, -0.1) is 0 Å². The van der Waals surface area contributed by atoms with Crippen LogP contribution in [0.25, 0.3) is 11.0 Å². The molecule has 1 aliphatic carbocycles. The van der Waals surface area contributed by atoms with E-state index in [0.29, 0.717) is 25.7 Å². The molecule has 0 aromatic carbocycles. The zero-order valence-electron chi connectivity index (χ0n) is 14.5. The molecule has 2 aromatic heterocycles. The summed E-state index contributed by atoms with van der Waals surface area (Å²) in [7, 11) is 0. The van der Waals surface area contributed by atoms with Gasteiger partial charge < -0.3 is 9.64 Å². The molecule has 0 N–H and O–H groups in total. The number of fused-ring (bicyclic) bond motifs is 1. The van der Waals surface area contributed by atoms with Gasteiger partial charge in [-0.1, -0.05) is 0 Å². The first kappa shape index (κ1) is 15.6. The lowest BCUT2D eigenvalue weighted by Gasteiger charge is -2.33. The van der Waals surface area contributed by atoms with Crippen molar-refractivity contribution in [2.24, 2.45) is 0 Å². The first-order valence-electron chi connectivity index (χ1n) is 8.83. The molecule has 3 heterocycles. The second-order valence-electron chi connectivity index (χ2n) is 7.21. The van der Waals surface area contributed by atoms with E-state index in [1.54, 1.807) is 6.20 Å². The van der Waals surface area contributed by atoms with Gasteiger partial charge in [-0.25, -0.2) is 9.67 Å². The number of nitrogens with zero attached hydrogens (tertiary/aromatic N) is 4. The number of morpholine rings is 1. The standard InChI is InChI=1S/C18H24N4O2/c1-11(2)22-17-15(9-19-22)14(8-16(20-17)13-4-5-13)18(23)21-6-7-24-10-12(21)3/h8-9,11-13H,4-7,10H2,1-3H3/t12-/m1/s1. The van der Waals surface area contributed by atoms with Crippen LogP contribution >= 0.6 is 0 Å². The molecule has 1 saturated heterocycles. The van der Waals surface area contributed by atoms with Crippen molar-refractivity contribution in [3.63, 3.8) is 0 Å². The van der Waals surface area contributed by atoms with Crippen molar-refractivity contribution in [3.8, 4) is 0 Å². The molecule has 1 aliphatic heterocycles. The lowest BCUT2D eigenvalue weighted by atomic mass is 10.1. The van der Waals surface area contributed by atoms with Gasteiger partial charge in [0.1, 0.15) is 0 Å². The molecule has 0 spiro atoms. The summed E-state index contributed by atoms with van der Waals surface area (Å²) < 4.78 is 7.39. The van der Waals surface area contributed by atoms with E-state index in [0.717, 1.165) is 35.1 Å². The van der Waals surface area contributed by atoms with Crippen LogP contribution in [0.15, 0.2) is 12.3 Å². The quantitative estimate of drug-likeness (QED) is 0.869. The van der Waals surface area contributed by atoms with E-state index in [2.05, 4.69) is 18.9 Å². The molecule has 1 saturated carbocycles. The van der Waals surface area contributed by atoms with Gasteiger partial charge >= 0.3 is 0 Å². The van der Waals surface area contributed by atoms with Crippen LogP contribution in [-0.2, 0) is 4.74 Å². The Balaban J connectivity index is 1.82. The topological polar surface area (TPSA) is 60.2 Å². The molecule has 6 nitrogen and oxygen atoms in total. The number of hydrogen-bond donors (Lipinski definition) is 0. The normalized spacial score (nSPS) is 21.7. The van der Waals surface area contributed by atoms with Gasteiger partial charge in [0.15, 0.2) is 5.65 Å². The van der Waals surface area contributed by atoms with Gasteiger partial charge in [0.05, 0.1) is 36.4 Å². The Morgan fingerprint density at radius 2 is 2.17 bits per heavy atom. The van der Waals surface area contributed by atoms with Crippen LogP contribution in [0.1, 0.15) is 61.6 Å². The predicted octanol–water partition coefficient (Wildman–Crippen LogP) is 2.75. The second kappa shape index (κ2) is 5.84. The number of ether oxygens (including phenoxy) is 1. The number of aromatic nitrogens is 3. The van der Waals surface area contributed by atoms with Crippen molar-refractivity contribution in [2.45, 2.75) is 51.6 Å². The first-order chi connectivity index (χ1) is 11.6. The fourth-order valence-corrected chi connectivity index (χ4v) is 3.36. The third kappa shape index (κ3) is 2.59. The molecular formula is C18H24N4O2. The minimum absolute atomic E-state index is 0.0726. The Labute approximate surface area is 141 Å². The molecule has 1 amide bonds. The second-order valence-corrected chi connectivity index (χ2v) is 7.21. The molecule has 0 radical (unpaired) electrons. The Bertz CT molecular complexity index is 779. The summed E-state index contributed by atoms with van der Waals surface area (Å²) in [4.78, 5) is 20.0. The molecule has 128 valence electrons. The molecule has 2 aliphatic rings. The largest absolute Gasteiger partial charge is 0.377 e. The molecule has 4 rings (SSSR count). The molecule has 24 heavy (non-hydrogen) atoms. The predicted molar refractivity (Wildman–Crippen MR) is 91.2 cm³/mol. The zero-order chi connectivity index (χ0) is 16.8. The van der Waals surface area contributed by atoms with Crippen LogP contribution in [0.2, 0.25) is 0 Å². The monoisotopic (exact) mass is 328 g/mol. The van der Waals surface area contributed by atoms with E-state index >= 15 is 0 Å². The number of hydrogen-bond acceptors (Lipinski definition) is 4. The van der Waals surface area contributed by atoms with Crippen molar-refractivity contribution in [1.82, 2.24) is 19.7 Å². The maximum atomic E-state index is 13.2. The number of carbonyl (C=O) groups excluding carboxylic acids is 1. The Hall–Kier alpha value is -1.95. The molecule has 0 bridgehead atoms. The highest BCUT2D eigenvalue weighted by Gasteiger charge is 2.31. The minimum Gasteiger partial charge on any atom is -0.377 e. The average Bonchev–Trinajstić information content (AvgIpc) is 3.32. The van der Waals surface area contributed by atoms with E-state index < -0.39 is 0 Å². The average molecular weight is 328 g/mol. The summed E-state index contributed by atoms with van der Waals surface area (Å²) in [6.07, 6.45) is 4.11. The van der Waals surface area contributed by atoms with E-state index in [1.165, 1.54) is 0 Å². The lowest BCUT2D eigenvalue weighted by molar-refractivity contribution is 0.00369. The fourth-order valence-electron chi connectivity index (χ4n) is 3.36. The minimum atomic E-state index is 0.0726. The maximum absolute atomic E-state index is 13.2. The number of rotatable bonds is 3. The summed E-state index contributed by atoms with van der Waals surface area (Å²) >= 11 is 0. The van der Waals surface area contributed by atoms with Crippen LogP contribution in [0, 0.1) is 0 Å². The Kier molecular flexibility index (Phi) is 3.79.